The van der Waals surface area contributed by atoms with E-state index >= 15 is 0 Å². The fourth-order valence-corrected chi connectivity index (χ4v) is 12.6. The fourth-order valence-electron chi connectivity index (χ4n) is 12.6. The first kappa shape index (κ1) is 92.0. The van der Waals surface area contributed by atoms with E-state index in [2.05, 4.69) is 0 Å². The summed E-state index contributed by atoms with van der Waals surface area (Å²) in [6.45, 7) is 10.0. The molecule has 0 saturated heterocycles. The molecule has 694 valence electrons. The van der Waals surface area contributed by atoms with E-state index in [-0.39, 0.29) is 119 Å². The smallest absolute Gasteiger partial charge is 0.344 e. The third-order valence-corrected chi connectivity index (χ3v) is 19.5. The van der Waals surface area contributed by atoms with Crippen LogP contribution in [0.15, 0.2) is 285 Å². The van der Waals surface area contributed by atoms with Crippen molar-refractivity contribution in [1.82, 2.24) is 19.6 Å². The van der Waals surface area contributed by atoms with E-state index in [1.54, 1.807) is 220 Å². The van der Waals surface area contributed by atoms with Gasteiger partial charge in [0.05, 0.1) is 85.6 Å². The van der Waals surface area contributed by atoms with Gasteiger partial charge in [0.1, 0.15) is 65.9 Å². The maximum absolute atomic E-state index is 13.5. The van der Waals surface area contributed by atoms with E-state index in [1.807, 2.05) is 91.0 Å². The topological polar surface area (TPSA) is 365 Å². The molecule has 0 unspecified atom stereocenters. The Hall–Kier alpha value is -14.8. The normalized spacial score (nSPS) is 11.9. The van der Waals surface area contributed by atoms with E-state index in [9.17, 15) is 43.2 Å². The molecule has 4 heterocycles. The van der Waals surface area contributed by atoms with Gasteiger partial charge in [0.15, 0.2) is 6.61 Å². The van der Waals surface area contributed by atoms with Gasteiger partial charge in [-0.25, -0.2) is 4.79 Å². The molecular formula is C104H114N4O24. The monoisotopic (exact) mass is 1810 g/mol. The summed E-state index contributed by atoms with van der Waals surface area (Å²) in [6, 6.07) is 66.5. The lowest BCUT2D eigenvalue weighted by atomic mass is 10.1. The number of aliphatic carboxylic acids is 4. The number of unbranched alkanes of at least 4 members (excludes halogenated alkanes) is 1. The number of carbonyl (C=O) groups excluding carboxylic acids is 5. The number of benzene rings is 8. The highest BCUT2D eigenvalue weighted by molar-refractivity contribution is 5.97. The molecule has 4 amide bonds. The van der Waals surface area contributed by atoms with Crippen LogP contribution in [0.5, 0.6) is 23.0 Å². The van der Waals surface area contributed by atoms with Crippen LogP contribution in [-0.4, -0.2) is 177 Å². The van der Waals surface area contributed by atoms with Gasteiger partial charge in [0.2, 0.25) is 0 Å². The third kappa shape index (κ3) is 32.8. The number of carbonyl (C=O) groups is 9. The van der Waals surface area contributed by atoms with Crippen LogP contribution < -0.4 is 18.9 Å². The number of carboxylic acid groups (broad SMARTS) is 4. The van der Waals surface area contributed by atoms with Crippen molar-refractivity contribution in [3.05, 3.63) is 312 Å². The third-order valence-electron chi connectivity index (χ3n) is 19.5. The predicted molar refractivity (Wildman–Crippen MR) is 495 cm³/mol. The minimum Gasteiger partial charge on any atom is -0.493 e. The van der Waals surface area contributed by atoms with Crippen LogP contribution in [0.2, 0.25) is 0 Å². The summed E-state index contributed by atoms with van der Waals surface area (Å²) in [6.07, 6.45) is 7.10. The molecule has 4 N–H and O–H groups in total. The minimum atomic E-state index is -2.30. The zero-order valence-electron chi connectivity index (χ0n) is 80.8. The molecule has 0 aliphatic rings. The van der Waals surface area contributed by atoms with Crippen molar-refractivity contribution >= 4 is 53.5 Å². The van der Waals surface area contributed by atoms with Crippen molar-refractivity contribution in [3.8, 4) is 68.3 Å². The molecule has 12 aromatic rings. The number of para-hydroxylation sites is 4. The molecule has 0 atom stereocenters. The zero-order valence-corrected chi connectivity index (χ0v) is 74.8. The lowest BCUT2D eigenvalue weighted by Gasteiger charge is -2.28. The summed E-state index contributed by atoms with van der Waals surface area (Å²) >= 11 is 0. The number of carboxylic acids is 4. The van der Waals surface area contributed by atoms with E-state index in [4.69, 9.17) is 79.5 Å². The maximum atomic E-state index is 13.5. The van der Waals surface area contributed by atoms with E-state index in [1.165, 1.54) is 26.8 Å². The second-order valence-corrected chi connectivity index (χ2v) is 30.4. The summed E-state index contributed by atoms with van der Waals surface area (Å²) in [7, 11) is 0. The highest BCUT2D eigenvalue weighted by Crippen LogP contribution is 2.31. The van der Waals surface area contributed by atoms with Crippen molar-refractivity contribution in [2.24, 2.45) is 0 Å². The number of hydrogen-bond acceptors (Lipinski definition) is 20. The van der Waals surface area contributed by atoms with Crippen molar-refractivity contribution in [1.29, 1.82) is 0 Å². The molecule has 0 radical (unpaired) electrons. The van der Waals surface area contributed by atoms with Gasteiger partial charge in [-0.2, -0.15) is 0 Å². The van der Waals surface area contributed by atoms with Crippen molar-refractivity contribution < 1.29 is 123 Å². The largest absolute Gasteiger partial charge is 0.493 e. The quantitative estimate of drug-likeness (QED) is 0.0203. The van der Waals surface area contributed by atoms with Crippen molar-refractivity contribution in [2.75, 3.05) is 59.5 Å². The Balaban J connectivity index is 0.000000206. The zero-order chi connectivity index (χ0) is 100. The Bertz CT molecular complexity index is 5870. The van der Waals surface area contributed by atoms with Crippen molar-refractivity contribution in [3.63, 3.8) is 0 Å². The molecule has 0 saturated carbocycles. The second kappa shape index (κ2) is 53.3. The molecule has 0 spiro atoms. The standard InChI is InChI=1S/C26H27NO7.2C26H29NO6.C26H29NO5/c1-18(2)27(26(31)20-11-9-19(10-12-20)22-8-5-14-32-22)16-21-6-3-4-7-23(21)34-17-25(30)33-15-13-24(28)29;2*1-19(2)27(26(30)21-11-9-20(10-12-21)23-8-5-14-32-23)18-22-6-3-4-7-24(22)33-17-16-31-15-13-25(28)29;1-19(2)27(26(30)21-14-12-20(13-15-21)23-10-7-17-32-23)18-22-8-3-4-9-24(22)31-16-6-5-11-25(28)29/h3-12,14,18H,13,15-17H2,1-2H3,(H,28,29);2*3-12,14,19H,13,15-18H2,1-2H3,(H,28,29);3-4,7-10,12-15,17,19H,5-6,11,16,18H2,1-2H3,(H,28,29)/i16D2;19D;18D2;19D. The summed E-state index contributed by atoms with van der Waals surface area (Å²) < 4.78 is 113. The highest BCUT2D eigenvalue weighted by Gasteiger charge is 2.27. The molecule has 0 aliphatic heterocycles. The molecule has 12 rings (SSSR count). The molecule has 28 heteroatoms. The van der Waals surface area contributed by atoms with Crippen LogP contribution in [0.3, 0.4) is 0 Å². The molecule has 132 heavy (non-hydrogen) atoms. The summed E-state index contributed by atoms with van der Waals surface area (Å²) in [4.78, 5) is 113. The summed E-state index contributed by atoms with van der Waals surface area (Å²) in [5.74, 6) is -1.75. The van der Waals surface area contributed by atoms with Crippen molar-refractivity contribution in [2.45, 2.75) is 144 Å². The van der Waals surface area contributed by atoms with Gasteiger partial charge in [-0.1, -0.05) is 121 Å². The second-order valence-electron chi connectivity index (χ2n) is 30.4. The first-order valence-electron chi connectivity index (χ1n) is 45.7. The minimum absolute atomic E-state index is 0.0533. The van der Waals surface area contributed by atoms with Gasteiger partial charge < -0.3 is 90.9 Å². The first-order valence-corrected chi connectivity index (χ1v) is 42.7. The molecule has 28 nitrogen and oxygen atoms in total. The average molecular weight is 1810 g/mol. The van der Waals surface area contributed by atoms with E-state index < -0.39 is 85.4 Å². The summed E-state index contributed by atoms with van der Waals surface area (Å²) in [5.41, 5.74) is 6.74. The number of amides is 4. The van der Waals surface area contributed by atoms with Gasteiger partial charge in [-0.3, -0.25) is 38.4 Å². The molecule has 8 aromatic carbocycles. The maximum Gasteiger partial charge on any atom is 0.344 e. The van der Waals surface area contributed by atoms with Crippen LogP contribution in [0.4, 0.5) is 0 Å². The number of hydrogen-bond donors (Lipinski definition) is 4. The number of furan rings is 4. The Morgan fingerprint density at radius 1 is 0.311 bits per heavy atom. The van der Waals surface area contributed by atoms with Crippen LogP contribution in [0.1, 0.15) is 166 Å². The van der Waals surface area contributed by atoms with E-state index in [0.717, 1.165) is 49.8 Å². The Kier molecular flexibility index (Phi) is 37.1. The lowest BCUT2D eigenvalue weighted by Crippen LogP contribution is -2.36. The van der Waals surface area contributed by atoms with E-state index in [0.29, 0.717) is 64.7 Å². The van der Waals surface area contributed by atoms with Crippen LogP contribution >= 0.6 is 0 Å². The van der Waals surface area contributed by atoms with Gasteiger partial charge in [0, 0.05) is 123 Å². The molecular weight excluding hydrogens is 1690 g/mol. The number of nitrogens with zero attached hydrogens (tertiary/aromatic N) is 4. The first-order chi connectivity index (χ1) is 65.8. The average Bonchev–Trinajstić information content (AvgIpc) is 1.07. The Labute approximate surface area is 776 Å². The number of ether oxygens (including phenoxy) is 7. The van der Waals surface area contributed by atoms with Crippen LogP contribution in [-0.2, 0) is 64.3 Å². The lowest BCUT2D eigenvalue weighted by molar-refractivity contribution is -0.148. The molecule has 0 bridgehead atoms. The van der Waals surface area contributed by atoms with Crippen LogP contribution in [0, 0.1) is 0 Å². The molecule has 4 aromatic heterocycles. The predicted octanol–water partition coefficient (Wildman–Crippen LogP) is 19.8. The SMILES string of the molecule is [2H]C(C)(C)N(Cc1ccccc1OCCCCC(=O)O)C(=O)c1ccc(-c2ccco2)cc1.[2H]C(C)(C)N(Cc1ccccc1OCCOCCC(=O)O)C(=O)c1ccc(-c2ccco2)cc1.[2H]C([2H])(c1ccccc1OCC(=O)OCCC(=O)O)N(C(=O)c1ccc(-c2ccco2)cc1)C(C)C.[2H]C([2H])(c1ccccc1OCCOCCC(=O)O)N(C(=O)c1ccc(-c2ccco2)cc1)C(C)C. The number of rotatable bonds is 46. The van der Waals surface area contributed by atoms with Gasteiger partial charge in [0.25, 0.3) is 23.6 Å². The highest BCUT2D eigenvalue weighted by atomic mass is 16.6. The van der Waals surface area contributed by atoms with Gasteiger partial charge in [-0.05, 0) is 190 Å². The molecule has 0 fully saturated rings. The Morgan fingerprint density at radius 2 is 0.598 bits per heavy atom. The van der Waals surface area contributed by atoms with Crippen LogP contribution in [0.25, 0.3) is 45.3 Å². The Morgan fingerprint density at radius 3 is 0.902 bits per heavy atom. The van der Waals surface area contributed by atoms with Gasteiger partial charge >= 0.3 is 29.8 Å². The summed E-state index contributed by atoms with van der Waals surface area (Å²) in [5, 5.41) is 34.7. The molecule has 0 aliphatic carbocycles. The fraction of sp³-hybridized carbons (Fsp3) is 0.298. The number of esters is 1. The van der Waals surface area contributed by atoms with Gasteiger partial charge in [-0.15, -0.1) is 0 Å².